The van der Waals surface area contributed by atoms with Crippen LogP contribution in [-0.2, 0) is 4.74 Å². The van der Waals surface area contributed by atoms with Crippen molar-refractivity contribution in [3.05, 3.63) is 53.3 Å². The Balaban J connectivity index is 1.89. The van der Waals surface area contributed by atoms with Crippen molar-refractivity contribution in [3.8, 4) is 22.8 Å². The van der Waals surface area contributed by atoms with Gasteiger partial charge in [-0.2, -0.15) is 4.98 Å². The zero-order chi connectivity index (χ0) is 24.1. The number of rotatable bonds is 9. The average Bonchev–Trinajstić information content (AvgIpc) is 3.26. The number of nitrogens with one attached hydrogen (secondary N) is 1. The van der Waals surface area contributed by atoms with Gasteiger partial charge in [0.2, 0.25) is 5.82 Å². The van der Waals surface area contributed by atoms with Crippen molar-refractivity contribution >= 4 is 40.2 Å². The van der Waals surface area contributed by atoms with Crippen molar-refractivity contribution in [3.63, 3.8) is 0 Å². The third-order valence-corrected chi connectivity index (χ3v) is 4.98. The fourth-order valence-electron chi connectivity index (χ4n) is 3.31. The fraction of sp³-hybridized carbons (Fsp3) is 0.250. The van der Waals surface area contributed by atoms with Crippen LogP contribution in [0.5, 0.6) is 11.5 Å². The predicted octanol–water partition coefficient (Wildman–Crippen LogP) is 5.66. The molecular weight excluding hydrogens is 460 g/mol. The van der Waals surface area contributed by atoms with Gasteiger partial charge in [-0.25, -0.2) is 9.78 Å². The van der Waals surface area contributed by atoms with Crippen molar-refractivity contribution < 1.29 is 23.5 Å². The van der Waals surface area contributed by atoms with Crippen LogP contribution >= 0.6 is 11.6 Å². The highest BCUT2D eigenvalue weighted by molar-refractivity contribution is 6.30. The van der Waals surface area contributed by atoms with Gasteiger partial charge in [0, 0.05) is 16.7 Å². The Morgan fingerprint density at radius 3 is 2.47 bits per heavy atom. The van der Waals surface area contributed by atoms with Gasteiger partial charge in [0.05, 0.1) is 25.5 Å². The lowest BCUT2D eigenvalue weighted by Gasteiger charge is -2.15. The molecule has 0 radical (unpaired) electrons. The summed E-state index contributed by atoms with van der Waals surface area (Å²) in [5, 5.41) is 8.51. The van der Waals surface area contributed by atoms with Crippen LogP contribution in [0.4, 0.5) is 11.5 Å². The summed E-state index contributed by atoms with van der Waals surface area (Å²) in [6, 6.07) is 12.5. The number of benzene rings is 2. The lowest BCUT2D eigenvalue weighted by atomic mass is 10.1. The molecule has 10 heteroatoms. The summed E-state index contributed by atoms with van der Waals surface area (Å²) in [7, 11) is 0. The van der Waals surface area contributed by atoms with Crippen molar-refractivity contribution in [2.45, 2.75) is 20.8 Å². The SMILES string of the molecule is CCOC(=O)c1nc(Nc2cc(OCC)ccc2OCC)c2c(-c3ccc(Cl)cc3)noc2n1. The summed E-state index contributed by atoms with van der Waals surface area (Å²) >= 11 is 6.04. The number of fused-ring (bicyclic) bond motifs is 1. The number of ether oxygens (including phenoxy) is 3. The topological polar surface area (TPSA) is 109 Å². The molecular formula is C24H23ClN4O5. The molecule has 4 aromatic rings. The Morgan fingerprint density at radius 1 is 1.00 bits per heavy atom. The van der Waals surface area contributed by atoms with Gasteiger partial charge >= 0.3 is 5.97 Å². The van der Waals surface area contributed by atoms with Gasteiger partial charge in [-0.05, 0) is 45.0 Å². The van der Waals surface area contributed by atoms with E-state index in [-0.39, 0.29) is 18.1 Å². The molecule has 0 aliphatic rings. The number of hydrogen-bond donors (Lipinski definition) is 1. The molecule has 0 aliphatic carbocycles. The first-order valence-corrected chi connectivity index (χ1v) is 11.2. The minimum Gasteiger partial charge on any atom is -0.494 e. The standard InChI is InChI=1S/C24H23ClN4O5/c1-4-31-16-11-12-18(32-5-2)17(13-16)26-21-19-20(14-7-9-15(25)10-8-14)29-34-23(19)28-22(27-21)24(30)33-6-3/h7-13H,4-6H2,1-3H3,(H,26,27,28). The fourth-order valence-corrected chi connectivity index (χ4v) is 3.43. The maximum Gasteiger partial charge on any atom is 0.376 e. The predicted molar refractivity (Wildman–Crippen MR) is 128 cm³/mol. The van der Waals surface area contributed by atoms with E-state index in [4.69, 9.17) is 30.3 Å². The molecule has 0 unspecified atom stereocenters. The Bertz CT molecular complexity index is 1310. The van der Waals surface area contributed by atoms with Gasteiger partial charge in [0.1, 0.15) is 28.4 Å². The van der Waals surface area contributed by atoms with Crippen LogP contribution in [0.2, 0.25) is 5.02 Å². The van der Waals surface area contributed by atoms with E-state index < -0.39 is 5.97 Å². The summed E-state index contributed by atoms with van der Waals surface area (Å²) in [6.45, 7) is 6.64. The van der Waals surface area contributed by atoms with E-state index in [1.807, 2.05) is 32.0 Å². The van der Waals surface area contributed by atoms with E-state index in [2.05, 4.69) is 20.4 Å². The second kappa shape index (κ2) is 10.4. The Morgan fingerprint density at radius 2 is 1.76 bits per heavy atom. The molecule has 0 fully saturated rings. The molecule has 34 heavy (non-hydrogen) atoms. The second-order valence-electron chi connectivity index (χ2n) is 6.98. The molecule has 0 atom stereocenters. The number of esters is 1. The molecule has 9 nitrogen and oxygen atoms in total. The van der Waals surface area contributed by atoms with Gasteiger partial charge in [0.25, 0.3) is 5.71 Å². The molecule has 2 aromatic heterocycles. The third kappa shape index (κ3) is 4.89. The van der Waals surface area contributed by atoms with Crippen LogP contribution in [0, 0.1) is 0 Å². The van der Waals surface area contributed by atoms with Crippen molar-refractivity contribution in [1.82, 2.24) is 15.1 Å². The van der Waals surface area contributed by atoms with E-state index in [1.165, 1.54) is 0 Å². The van der Waals surface area contributed by atoms with Gasteiger partial charge in [0.15, 0.2) is 0 Å². The zero-order valence-electron chi connectivity index (χ0n) is 18.9. The van der Waals surface area contributed by atoms with Crippen LogP contribution in [-0.4, -0.2) is 40.9 Å². The summed E-state index contributed by atoms with van der Waals surface area (Å²) in [6.07, 6.45) is 0. The Labute approximate surface area is 201 Å². The third-order valence-electron chi connectivity index (χ3n) is 4.73. The monoisotopic (exact) mass is 482 g/mol. The van der Waals surface area contributed by atoms with Crippen molar-refractivity contribution in [2.24, 2.45) is 0 Å². The molecule has 0 bridgehead atoms. The normalized spacial score (nSPS) is 10.8. The summed E-state index contributed by atoms with van der Waals surface area (Å²) < 4.78 is 22.0. The van der Waals surface area contributed by atoms with Crippen LogP contribution in [0.15, 0.2) is 47.0 Å². The molecule has 0 saturated carbocycles. The molecule has 2 heterocycles. The highest BCUT2D eigenvalue weighted by Gasteiger charge is 2.23. The minimum atomic E-state index is -0.676. The van der Waals surface area contributed by atoms with E-state index in [0.29, 0.717) is 52.3 Å². The average molecular weight is 483 g/mol. The molecule has 0 spiro atoms. The summed E-state index contributed by atoms with van der Waals surface area (Å²) in [5.74, 6) is 0.695. The Hall–Kier alpha value is -3.85. The van der Waals surface area contributed by atoms with Gasteiger partial charge in [-0.15, -0.1) is 0 Å². The Kier molecular flexibility index (Phi) is 7.12. The molecule has 0 aliphatic heterocycles. The number of carbonyl (C=O) groups excluding carboxylic acids is 1. The van der Waals surface area contributed by atoms with Crippen LogP contribution in [0.3, 0.4) is 0 Å². The van der Waals surface area contributed by atoms with E-state index in [9.17, 15) is 4.79 Å². The molecule has 1 N–H and O–H groups in total. The smallest absolute Gasteiger partial charge is 0.376 e. The van der Waals surface area contributed by atoms with Gasteiger partial charge in [-0.1, -0.05) is 28.9 Å². The van der Waals surface area contributed by atoms with Gasteiger partial charge in [-0.3, -0.25) is 0 Å². The molecule has 0 amide bonds. The molecule has 4 rings (SSSR count). The van der Waals surface area contributed by atoms with E-state index in [0.717, 1.165) is 5.56 Å². The maximum absolute atomic E-state index is 12.4. The zero-order valence-corrected chi connectivity index (χ0v) is 19.7. The largest absolute Gasteiger partial charge is 0.494 e. The number of nitrogens with zero attached hydrogens (tertiary/aromatic N) is 3. The van der Waals surface area contributed by atoms with E-state index >= 15 is 0 Å². The number of aromatic nitrogens is 3. The van der Waals surface area contributed by atoms with Crippen LogP contribution in [0.25, 0.3) is 22.4 Å². The number of halogens is 1. The van der Waals surface area contributed by atoms with E-state index in [1.54, 1.807) is 31.2 Å². The minimum absolute atomic E-state index is 0.129. The van der Waals surface area contributed by atoms with Gasteiger partial charge < -0.3 is 24.1 Å². The van der Waals surface area contributed by atoms with Crippen LogP contribution in [0.1, 0.15) is 31.4 Å². The van der Waals surface area contributed by atoms with Crippen molar-refractivity contribution in [2.75, 3.05) is 25.1 Å². The first-order chi connectivity index (χ1) is 16.5. The molecule has 176 valence electrons. The van der Waals surface area contributed by atoms with Crippen molar-refractivity contribution in [1.29, 1.82) is 0 Å². The number of hydrogen-bond acceptors (Lipinski definition) is 9. The highest BCUT2D eigenvalue weighted by Crippen LogP contribution is 2.37. The second-order valence-corrected chi connectivity index (χ2v) is 7.42. The maximum atomic E-state index is 12.4. The number of anilines is 2. The lowest BCUT2D eigenvalue weighted by Crippen LogP contribution is -2.11. The number of carbonyl (C=O) groups is 1. The quantitative estimate of drug-likeness (QED) is 0.302. The molecule has 0 saturated heterocycles. The first kappa shape index (κ1) is 23.3. The summed E-state index contributed by atoms with van der Waals surface area (Å²) in [5.41, 5.74) is 1.95. The van der Waals surface area contributed by atoms with Crippen LogP contribution < -0.4 is 14.8 Å². The first-order valence-electron chi connectivity index (χ1n) is 10.8. The summed E-state index contributed by atoms with van der Waals surface area (Å²) in [4.78, 5) is 21.1. The highest BCUT2D eigenvalue weighted by atomic mass is 35.5. The molecule has 2 aromatic carbocycles. The lowest BCUT2D eigenvalue weighted by molar-refractivity contribution is 0.0512.